The Balaban J connectivity index is 1.79. The van der Waals surface area contributed by atoms with Gasteiger partial charge in [0, 0.05) is 4.88 Å². The van der Waals surface area contributed by atoms with Crippen LogP contribution in [0.15, 0.2) is 40.5 Å². The fraction of sp³-hybridized carbons (Fsp3) is 0.235. The first-order chi connectivity index (χ1) is 11.2. The minimum Gasteiger partial charge on any atom is -0.267 e. The van der Waals surface area contributed by atoms with Crippen LogP contribution in [0, 0.1) is 5.82 Å². The first-order valence-corrected chi connectivity index (χ1v) is 8.36. The van der Waals surface area contributed by atoms with Crippen LogP contribution in [0.2, 0.25) is 0 Å². The molecule has 0 spiro atoms. The second kappa shape index (κ2) is 5.70. The molecule has 2 aromatic heterocycles. The number of nitrogens with zero attached hydrogens (tertiary/aromatic N) is 3. The molecule has 0 unspecified atom stereocenters. The molecule has 0 aliphatic heterocycles. The van der Waals surface area contributed by atoms with Crippen molar-refractivity contribution in [2.45, 2.75) is 25.7 Å². The molecule has 0 saturated carbocycles. The van der Waals surface area contributed by atoms with Crippen LogP contribution in [-0.4, -0.2) is 15.9 Å². The highest BCUT2D eigenvalue weighted by molar-refractivity contribution is 7.18. The zero-order valence-electron chi connectivity index (χ0n) is 12.3. The van der Waals surface area contributed by atoms with Crippen LogP contribution in [0.4, 0.5) is 4.39 Å². The topological polar surface area (TPSA) is 47.2 Å². The third-order valence-corrected chi connectivity index (χ3v) is 5.24. The lowest BCUT2D eigenvalue weighted by Gasteiger charge is -2.09. The van der Waals surface area contributed by atoms with Gasteiger partial charge in [0.1, 0.15) is 17.0 Å². The van der Waals surface area contributed by atoms with E-state index in [4.69, 9.17) is 0 Å². The second-order valence-corrected chi connectivity index (χ2v) is 6.67. The molecule has 0 atom stereocenters. The second-order valence-electron chi connectivity index (χ2n) is 5.58. The molecular formula is C17H14FN3OS. The van der Waals surface area contributed by atoms with Crippen molar-refractivity contribution in [1.29, 1.82) is 0 Å². The van der Waals surface area contributed by atoms with Gasteiger partial charge in [-0.25, -0.2) is 9.37 Å². The zero-order valence-corrected chi connectivity index (χ0v) is 13.1. The Kier molecular flexibility index (Phi) is 3.53. The minimum absolute atomic E-state index is 0.151. The van der Waals surface area contributed by atoms with Crippen molar-refractivity contribution in [2.75, 3.05) is 0 Å². The lowest BCUT2D eigenvalue weighted by Crippen LogP contribution is -2.18. The minimum atomic E-state index is -0.332. The van der Waals surface area contributed by atoms with Gasteiger partial charge in [0.05, 0.1) is 11.6 Å². The normalized spacial score (nSPS) is 14.5. The molecule has 6 heteroatoms. The smallest absolute Gasteiger partial charge is 0.267 e. The van der Waals surface area contributed by atoms with E-state index in [0.717, 1.165) is 29.7 Å². The number of rotatable bonds is 2. The summed E-state index contributed by atoms with van der Waals surface area (Å²) >= 11 is 1.61. The maximum Gasteiger partial charge on any atom is 0.282 e. The molecule has 1 aliphatic rings. The summed E-state index contributed by atoms with van der Waals surface area (Å²) in [5.74, 6) is -0.332. The molecule has 4 rings (SSSR count). The standard InChI is InChI=1S/C17H14FN3OS/c18-12-5-3-4-11(8-12)9-20-21-10-19-16-15(17(21)22)13-6-1-2-7-14(13)23-16/h3-5,8-10H,1-2,6-7H2. The maximum atomic E-state index is 13.2. The predicted octanol–water partition coefficient (Wildman–Crippen LogP) is 3.36. The van der Waals surface area contributed by atoms with E-state index in [-0.39, 0.29) is 11.4 Å². The van der Waals surface area contributed by atoms with Crippen molar-refractivity contribution in [1.82, 2.24) is 9.66 Å². The average Bonchev–Trinajstić information content (AvgIpc) is 2.93. The quantitative estimate of drug-likeness (QED) is 0.678. The van der Waals surface area contributed by atoms with Crippen LogP contribution in [0.3, 0.4) is 0 Å². The van der Waals surface area contributed by atoms with E-state index in [2.05, 4.69) is 10.1 Å². The van der Waals surface area contributed by atoms with Crippen molar-refractivity contribution in [3.05, 3.63) is 62.8 Å². The lowest BCUT2D eigenvalue weighted by atomic mass is 9.97. The molecule has 4 nitrogen and oxygen atoms in total. The molecule has 2 heterocycles. The zero-order chi connectivity index (χ0) is 15.8. The van der Waals surface area contributed by atoms with Crippen LogP contribution in [0.5, 0.6) is 0 Å². The van der Waals surface area contributed by atoms with Gasteiger partial charge in [-0.05, 0) is 48.9 Å². The van der Waals surface area contributed by atoms with Gasteiger partial charge >= 0.3 is 0 Å². The van der Waals surface area contributed by atoms with Crippen molar-refractivity contribution < 1.29 is 4.39 Å². The van der Waals surface area contributed by atoms with Gasteiger partial charge in [-0.3, -0.25) is 4.79 Å². The van der Waals surface area contributed by atoms with Gasteiger partial charge < -0.3 is 0 Å². The van der Waals surface area contributed by atoms with Crippen molar-refractivity contribution in [3.63, 3.8) is 0 Å². The number of aryl methyl sites for hydroxylation is 2. The van der Waals surface area contributed by atoms with Gasteiger partial charge in [-0.15, -0.1) is 11.3 Å². The van der Waals surface area contributed by atoms with Gasteiger partial charge in [0.25, 0.3) is 5.56 Å². The molecule has 116 valence electrons. The molecule has 0 bridgehead atoms. The molecule has 23 heavy (non-hydrogen) atoms. The predicted molar refractivity (Wildman–Crippen MR) is 89.9 cm³/mol. The van der Waals surface area contributed by atoms with Crippen LogP contribution >= 0.6 is 11.3 Å². The number of halogens is 1. The molecule has 0 fully saturated rings. The molecule has 3 aromatic rings. The Morgan fingerprint density at radius 3 is 3.04 bits per heavy atom. The van der Waals surface area contributed by atoms with E-state index in [1.54, 1.807) is 23.5 Å². The van der Waals surface area contributed by atoms with E-state index in [1.807, 2.05) is 0 Å². The summed E-state index contributed by atoms with van der Waals surface area (Å²) in [6.07, 6.45) is 7.15. The fourth-order valence-electron chi connectivity index (χ4n) is 2.94. The number of hydrogen-bond donors (Lipinski definition) is 0. The van der Waals surface area contributed by atoms with E-state index in [0.29, 0.717) is 10.9 Å². The SMILES string of the molecule is O=c1c2c3c(sc2ncn1N=Cc1cccc(F)c1)CCCC3. The number of fused-ring (bicyclic) bond motifs is 3. The summed E-state index contributed by atoms with van der Waals surface area (Å²) < 4.78 is 14.4. The third kappa shape index (κ3) is 2.59. The van der Waals surface area contributed by atoms with Gasteiger partial charge in [0.15, 0.2) is 0 Å². The van der Waals surface area contributed by atoms with Crippen LogP contribution in [-0.2, 0) is 12.8 Å². The highest BCUT2D eigenvalue weighted by Crippen LogP contribution is 2.33. The average molecular weight is 327 g/mol. The summed E-state index contributed by atoms with van der Waals surface area (Å²) in [7, 11) is 0. The first-order valence-electron chi connectivity index (χ1n) is 7.54. The van der Waals surface area contributed by atoms with E-state index < -0.39 is 0 Å². The van der Waals surface area contributed by atoms with Crippen molar-refractivity contribution >= 4 is 27.8 Å². The Morgan fingerprint density at radius 2 is 2.17 bits per heavy atom. The lowest BCUT2D eigenvalue weighted by molar-refractivity contribution is 0.627. The Bertz CT molecular complexity index is 974. The molecule has 1 aromatic carbocycles. The third-order valence-electron chi connectivity index (χ3n) is 4.04. The fourth-order valence-corrected chi connectivity index (χ4v) is 4.15. The van der Waals surface area contributed by atoms with Gasteiger partial charge in [0.2, 0.25) is 0 Å². The van der Waals surface area contributed by atoms with Crippen LogP contribution in [0.1, 0.15) is 28.8 Å². The monoisotopic (exact) mass is 327 g/mol. The molecular weight excluding hydrogens is 313 g/mol. The summed E-state index contributed by atoms with van der Waals surface area (Å²) in [6.45, 7) is 0. The van der Waals surface area contributed by atoms with E-state index in [1.165, 1.54) is 40.6 Å². The van der Waals surface area contributed by atoms with Crippen LogP contribution < -0.4 is 5.56 Å². The summed E-state index contributed by atoms with van der Waals surface area (Å²) in [6, 6.07) is 6.08. The summed E-state index contributed by atoms with van der Waals surface area (Å²) in [5, 5.41) is 4.85. The summed E-state index contributed by atoms with van der Waals surface area (Å²) in [4.78, 5) is 19.1. The Morgan fingerprint density at radius 1 is 1.30 bits per heavy atom. The van der Waals surface area contributed by atoms with Crippen LogP contribution in [0.25, 0.3) is 10.2 Å². The van der Waals surface area contributed by atoms with Gasteiger partial charge in [-0.1, -0.05) is 12.1 Å². The Hall–Kier alpha value is -2.34. The van der Waals surface area contributed by atoms with E-state index in [9.17, 15) is 9.18 Å². The molecule has 0 amide bonds. The van der Waals surface area contributed by atoms with Crippen molar-refractivity contribution in [3.8, 4) is 0 Å². The highest BCUT2D eigenvalue weighted by Gasteiger charge is 2.19. The number of aromatic nitrogens is 2. The van der Waals surface area contributed by atoms with Gasteiger partial charge in [-0.2, -0.15) is 9.78 Å². The highest BCUT2D eigenvalue weighted by atomic mass is 32.1. The molecule has 0 radical (unpaired) electrons. The molecule has 0 N–H and O–H groups in total. The first kappa shape index (κ1) is 14.3. The molecule has 0 saturated heterocycles. The number of benzene rings is 1. The van der Waals surface area contributed by atoms with E-state index >= 15 is 0 Å². The largest absolute Gasteiger partial charge is 0.282 e. The number of thiophene rings is 1. The maximum absolute atomic E-state index is 13.2. The summed E-state index contributed by atoms with van der Waals surface area (Å²) in [5.41, 5.74) is 1.59. The number of hydrogen-bond acceptors (Lipinski definition) is 4. The Labute approximate surface area is 135 Å². The molecule has 1 aliphatic carbocycles. The van der Waals surface area contributed by atoms with Crippen molar-refractivity contribution in [2.24, 2.45) is 5.10 Å².